The van der Waals surface area contributed by atoms with Crippen molar-refractivity contribution in [3.63, 3.8) is 0 Å². The van der Waals surface area contributed by atoms with Crippen molar-refractivity contribution in [1.82, 2.24) is 4.90 Å². The predicted molar refractivity (Wildman–Crippen MR) is 76.7 cm³/mol. The second kappa shape index (κ2) is 5.25. The molecule has 1 aliphatic carbocycles. The number of rotatable bonds is 2. The number of hydrogen-bond acceptors (Lipinski definition) is 3. The lowest BCUT2D eigenvalue weighted by molar-refractivity contribution is 0.0682. The third kappa shape index (κ3) is 2.43. The Labute approximate surface area is 118 Å². The highest BCUT2D eigenvalue weighted by molar-refractivity contribution is 7.14. The van der Waals surface area contributed by atoms with Crippen LogP contribution in [-0.2, 0) is 12.8 Å². The van der Waals surface area contributed by atoms with Crippen LogP contribution < -0.4 is 0 Å². The number of aliphatic hydroxyl groups is 1. The van der Waals surface area contributed by atoms with E-state index in [0.717, 1.165) is 43.0 Å². The second-order valence-electron chi connectivity index (χ2n) is 5.88. The van der Waals surface area contributed by atoms with E-state index in [1.54, 1.807) is 11.3 Å². The Morgan fingerprint density at radius 3 is 3.16 bits per heavy atom. The van der Waals surface area contributed by atoms with E-state index in [-0.39, 0.29) is 18.6 Å². The van der Waals surface area contributed by atoms with Crippen LogP contribution in [0.4, 0.5) is 0 Å². The van der Waals surface area contributed by atoms with Gasteiger partial charge in [-0.2, -0.15) is 0 Å². The molecule has 0 spiro atoms. The number of fused-ring (bicyclic) bond motifs is 1. The number of aliphatic hydroxyl groups excluding tert-OH is 1. The summed E-state index contributed by atoms with van der Waals surface area (Å²) in [6, 6.07) is 2.13. The van der Waals surface area contributed by atoms with E-state index in [4.69, 9.17) is 0 Å². The SMILES string of the molecule is CC1CCc2sc(C(=O)N3CCCC3CO)cc2C1. The minimum Gasteiger partial charge on any atom is -0.394 e. The zero-order chi connectivity index (χ0) is 13.4. The Hall–Kier alpha value is -0.870. The lowest BCUT2D eigenvalue weighted by Crippen LogP contribution is -2.37. The third-order valence-electron chi connectivity index (χ3n) is 4.39. The van der Waals surface area contributed by atoms with Gasteiger partial charge in [-0.3, -0.25) is 4.79 Å². The van der Waals surface area contributed by atoms with E-state index in [0.29, 0.717) is 0 Å². The number of amides is 1. The molecule has 1 aliphatic heterocycles. The molecule has 1 N–H and O–H groups in total. The van der Waals surface area contributed by atoms with Crippen molar-refractivity contribution in [2.75, 3.05) is 13.2 Å². The van der Waals surface area contributed by atoms with Crippen LogP contribution in [0, 0.1) is 5.92 Å². The molecule has 104 valence electrons. The van der Waals surface area contributed by atoms with Crippen LogP contribution in [0.5, 0.6) is 0 Å². The van der Waals surface area contributed by atoms with E-state index in [1.807, 2.05) is 4.90 Å². The van der Waals surface area contributed by atoms with Crippen LogP contribution in [-0.4, -0.2) is 35.1 Å². The molecule has 4 heteroatoms. The van der Waals surface area contributed by atoms with Crippen LogP contribution >= 0.6 is 11.3 Å². The lowest BCUT2D eigenvalue weighted by atomic mass is 9.90. The molecule has 3 rings (SSSR count). The first kappa shape index (κ1) is 13.1. The number of hydrogen-bond donors (Lipinski definition) is 1. The summed E-state index contributed by atoms with van der Waals surface area (Å²) in [5.74, 6) is 0.866. The van der Waals surface area contributed by atoms with Gasteiger partial charge in [0.25, 0.3) is 5.91 Å². The monoisotopic (exact) mass is 279 g/mol. The summed E-state index contributed by atoms with van der Waals surface area (Å²) in [6.07, 6.45) is 5.42. The first-order valence-corrected chi connectivity index (χ1v) is 8.04. The average Bonchev–Trinajstić information content (AvgIpc) is 3.03. The van der Waals surface area contributed by atoms with Crippen molar-refractivity contribution in [2.45, 2.75) is 45.1 Å². The molecule has 1 aromatic rings. The van der Waals surface area contributed by atoms with E-state index < -0.39 is 0 Å². The topological polar surface area (TPSA) is 40.5 Å². The van der Waals surface area contributed by atoms with E-state index in [9.17, 15) is 9.90 Å². The highest BCUT2D eigenvalue weighted by Gasteiger charge is 2.30. The number of carbonyl (C=O) groups is 1. The molecule has 0 aromatic carbocycles. The number of likely N-dealkylation sites (tertiary alicyclic amines) is 1. The zero-order valence-electron chi connectivity index (χ0n) is 11.4. The molecule has 2 atom stereocenters. The fraction of sp³-hybridized carbons (Fsp3) is 0.667. The van der Waals surface area contributed by atoms with Gasteiger partial charge in [0.05, 0.1) is 17.5 Å². The standard InChI is InChI=1S/C15H21NO2S/c1-10-4-5-13-11(7-10)8-14(19-13)15(18)16-6-2-3-12(16)9-17/h8,10,12,17H,2-7,9H2,1H3. The summed E-state index contributed by atoms with van der Waals surface area (Å²) < 4.78 is 0. The molecule has 1 fully saturated rings. The summed E-state index contributed by atoms with van der Waals surface area (Å²) >= 11 is 1.67. The predicted octanol–water partition coefficient (Wildman–Crippen LogP) is 2.47. The second-order valence-corrected chi connectivity index (χ2v) is 7.02. The zero-order valence-corrected chi connectivity index (χ0v) is 12.2. The van der Waals surface area contributed by atoms with Crippen molar-refractivity contribution in [3.8, 4) is 0 Å². The van der Waals surface area contributed by atoms with Gasteiger partial charge in [-0.1, -0.05) is 6.92 Å². The highest BCUT2D eigenvalue weighted by atomic mass is 32.1. The summed E-state index contributed by atoms with van der Waals surface area (Å²) in [5, 5.41) is 9.34. The van der Waals surface area contributed by atoms with Gasteiger partial charge < -0.3 is 10.0 Å². The molecular formula is C15H21NO2S. The summed E-state index contributed by atoms with van der Waals surface area (Å²) in [7, 11) is 0. The van der Waals surface area contributed by atoms with E-state index in [1.165, 1.54) is 16.9 Å². The van der Waals surface area contributed by atoms with Gasteiger partial charge in [-0.25, -0.2) is 0 Å². The molecule has 1 saturated heterocycles. The van der Waals surface area contributed by atoms with E-state index in [2.05, 4.69) is 13.0 Å². The molecule has 1 aromatic heterocycles. The van der Waals surface area contributed by atoms with Crippen molar-refractivity contribution >= 4 is 17.2 Å². The van der Waals surface area contributed by atoms with Gasteiger partial charge in [0.15, 0.2) is 0 Å². The average molecular weight is 279 g/mol. The minimum atomic E-state index is 0.0329. The molecule has 2 aliphatic rings. The maximum Gasteiger partial charge on any atom is 0.264 e. The first-order chi connectivity index (χ1) is 9.19. The Morgan fingerprint density at radius 1 is 1.53 bits per heavy atom. The van der Waals surface area contributed by atoms with E-state index >= 15 is 0 Å². The fourth-order valence-electron chi connectivity index (χ4n) is 3.25. The normalized spacial score (nSPS) is 26.5. The molecule has 0 radical (unpaired) electrons. The molecule has 2 unspecified atom stereocenters. The largest absolute Gasteiger partial charge is 0.394 e. The van der Waals surface area contributed by atoms with Crippen LogP contribution in [0.2, 0.25) is 0 Å². The van der Waals surface area contributed by atoms with Gasteiger partial charge in [0.1, 0.15) is 0 Å². The Morgan fingerprint density at radius 2 is 2.37 bits per heavy atom. The molecule has 0 bridgehead atoms. The number of thiophene rings is 1. The Bertz CT molecular complexity index is 482. The Balaban J connectivity index is 1.81. The van der Waals surface area contributed by atoms with Crippen LogP contribution in [0.1, 0.15) is 46.3 Å². The lowest BCUT2D eigenvalue weighted by Gasteiger charge is -2.22. The fourth-order valence-corrected chi connectivity index (χ4v) is 4.41. The van der Waals surface area contributed by atoms with Crippen molar-refractivity contribution < 1.29 is 9.90 Å². The Kier molecular flexibility index (Phi) is 3.63. The number of aryl methyl sites for hydroxylation is 1. The first-order valence-electron chi connectivity index (χ1n) is 7.22. The van der Waals surface area contributed by atoms with Crippen LogP contribution in [0.25, 0.3) is 0 Å². The highest BCUT2D eigenvalue weighted by Crippen LogP contribution is 2.33. The summed E-state index contributed by atoms with van der Waals surface area (Å²) in [6.45, 7) is 3.17. The van der Waals surface area contributed by atoms with Gasteiger partial charge >= 0.3 is 0 Å². The minimum absolute atomic E-state index is 0.0329. The number of carbonyl (C=O) groups excluding carboxylic acids is 1. The molecule has 0 saturated carbocycles. The quantitative estimate of drug-likeness (QED) is 0.903. The van der Waals surface area contributed by atoms with Gasteiger partial charge in [0.2, 0.25) is 0 Å². The van der Waals surface area contributed by atoms with Crippen molar-refractivity contribution in [1.29, 1.82) is 0 Å². The maximum absolute atomic E-state index is 12.5. The number of nitrogens with zero attached hydrogens (tertiary/aromatic N) is 1. The molecule has 1 amide bonds. The molecule has 3 nitrogen and oxygen atoms in total. The van der Waals surface area contributed by atoms with Crippen LogP contribution in [0.15, 0.2) is 6.07 Å². The summed E-state index contributed by atoms with van der Waals surface area (Å²) in [5.41, 5.74) is 1.38. The van der Waals surface area contributed by atoms with Gasteiger partial charge in [-0.05, 0) is 49.7 Å². The van der Waals surface area contributed by atoms with Gasteiger partial charge in [-0.15, -0.1) is 11.3 Å². The smallest absolute Gasteiger partial charge is 0.264 e. The van der Waals surface area contributed by atoms with Crippen LogP contribution in [0.3, 0.4) is 0 Å². The van der Waals surface area contributed by atoms with Crippen molar-refractivity contribution in [3.05, 3.63) is 21.4 Å². The maximum atomic E-state index is 12.5. The van der Waals surface area contributed by atoms with Gasteiger partial charge in [0, 0.05) is 11.4 Å². The summed E-state index contributed by atoms with van der Waals surface area (Å²) in [4.78, 5) is 16.7. The van der Waals surface area contributed by atoms with Crippen molar-refractivity contribution in [2.24, 2.45) is 5.92 Å². The molecule has 19 heavy (non-hydrogen) atoms. The molecule has 2 heterocycles. The third-order valence-corrected chi connectivity index (χ3v) is 5.61. The molecular weight excluding hydrogens is 258 g/mol.